The molecule has 0 aliphatic carbocycles. The number of aromatic nitrogens is 1. The zero-order valence-corrected chi connectivity index (χ0v) is 8.04. The van der Waals surface area contributed by atoms with Gasteiger partial charge in [-0.05, 0) is 0 Å². The lowest BCUT2D eigenvalue weighted by Crippen LogP contribution is -2.14. The van der Waals surface area contributed by atoms with Gasteiger partial charge in [-0.15, -0.1) is 11.3 Å². The zero-order valence-electron chi connectivity index (χ0n) is 7.23. The van der Waals surface area contributed by atoms with Gasteiger partial charge in [-0.1, -0.05) is 0 Å². The fourth-order valence-corrected chi connectivity index (χ4v) is 2.25. The van der Waals surface area contributed by atoms with Gasteiger partial charge in [0.05, 0.1) is 0 Å². The third-order valence-corrected chi connectivity index (χ3v) is 2.93. The minimum Gasteiger partial charge on any atom is -0.485 e. The second-order valence-electron chi connectivity index (χ2n) is 2.83. The maximum Gasteiger partial charge on any atom is 0.181 e. The van der Waals surface area contributed by atoms with Crippen molar-refractivity contribution in [1.29, 1.82) is 0 Å². The Morgan fingerprint density at radius 3 is 3.07 bits per heavy atom. The van der Waals surface area contributed by atoms with Crippen molar-refractivity contribution in [3.63, 3.8) is 0 Å². The summed E-state index contributed by atoms with van der Waals surface area (Å²) < 4.78 is 15.9. The molecule has 14 heavy (non-hydrogen) atoms. The van der Waals surface area contributed by atoms with Crippen LogP contribution in [0.1, 0.15) is 0 Å². The Balaban J connectivity index is 2.11. The van der Waals surface area contributed by atoms with Gasteiger partial charge in [-0.25, -0.2) is 4.98 Å². The van der Waals surface area contributed by atoms with Crippen molar-refractivity contribution in [2.75, 3.05) is 13.2 Å². The van der Waals surface area contributed by atoms with Crippen molar-refractivity contribution in [3.8, 4) is 22.1 Å². The molecule has 0 saturated heterocycles. The average molecular weight is 209 g/mol. The van der Waals surface area contributed by atoms with Gasteiger partial charge in [0, 0.05) is 5.38 Å². The van der Waals surface area contributed by atoms with Crippen LogP contribution in [0, 0.1) is 0 Å². The van der Waals surface area contributed by atoms with E-state index in [0.29, 0.717) is 13.2 Å². The maximum atomic E-state index is 5.52. The van der Waals surface area contributed by atoms with E-state index in [9.17, 15) is 0 Å². The van der Waals surface area contributed by atoms with Gasteiger partial charge < -0.3 is 13.9 Å². The Labute approximate surface area is 84.1 Å². The first-order valence-electron chi connectivity index (χ1n) is 4.21. The van der Waals surface area contributed by atoms with Gasteiger partial charge in [-0.2, -0.15) is 0 Å². The first-order chi connectivity index (χ1) is 6.95. The quantitative estimate of drug-likeness (QED) is 0.722. The zero-order chi connectivity index (χ0) is 9.38. The highest BCUT2D eigenvalue weighted by atomic mass is 32.1. The minimum atomic E-state index is 0.592. The molecule has 3 rings (SSSR count). The van der Waals surface area contributed by atoms with Gasteiger partial charge in [-0.3, -0.25) is 0 Å². The summed E-state index contributed by atoms with van der Waals surface area (Å²) >= 11 is 1.55. The number of hydrogen-bond donors (Lipinski definition) is 0. The fraction of sp³-hybridized carbons (Fsp3) is 0.222. The highest BCUT2D eigenvalue weighted by molar-refractivity contribution is 7.14. The second kappa shape index (κ2) is 3.02. The molecular formula is C9H7NO3S. The van der Waals surface area contributed by atoms with Gasteiger partial charge >= 0.3 is 0 Å². The van der Waals surface area contributed by atoms with Gasteiger partial charge in [0.15, 0.2) is 17.9 Å². The van der Waals surface area contributed by atoms with Crippen LogP contribution in [0.2, 0.25) is 0 Å². The first-order valence-corrected chi connectivity index (χ1v) is 5.09. The topological polar surface area (TPSA) is 44.5 Å². The molecule has 0 unspecified atom stereocenters. The van der Waals surface area contributed by atoms with Crippen molar-refractivity contribution in [3.05, 3.63) is 18.0 Å². The summed E-state index contributed by atoms with van der Waals surface area (Å²) in [6.45, 7) is 1.20. The Hall–Kier alpha value is -1.49. The Morgan fingerprint density at radius 2 is 2.21 bits per heavy atom. The number of ether oxygens (including phenoxy) is 2. The fourth-order valence-electron chi connectivity index (χ4n) is 1.36. The summed E-state index contributed by atoms with van der Waals surface area (Å²) in [5.74, 6) is 1.59. The predicted molar refractivity (Wildman–Crippen MR) is 50.8 cm³/mol. The molecule has 0 aromatic carbocycles. The first kappa shape index (κ1) is 7.87. The van der Waals surface area contributed by atoms with Gasteiger partial charge in [0.2, 0.25) is 0 Å². The number of oxazole rings is 1. The molecule has 1 aliphatic rings. The van der Waals surface area contributed by atoms with E-state index in [0.717, 1.165) is 22.1 Å². The molecule has 0 bridgehead atoms. The van der Waals surface area contributed by atoms with E-state index in [1.165, 1.54) is 6.39 Å². The molecule has 0 N–H and O–H groups in total. The van der Waals surface area contributed by atoms with Crippen LogP contribution in [-0.4, -0.2) is 18.2 Å². The summed E-state index contributed by atoms with van der Waals surface area (Å²) in [4.78, 5) is 5.04. The smallest absolute Gasteiger partial charge is 0.181 e. The monoisotopic (exact) mass is 209 g/mol. The maximum absolute atomic E-state index is 5.52. The van der Waals surface area contributed by atoms with Crippen LogP contribution >= 0.6 is 11.3 Å². The van der Waals surface area contributed by atoms with Crippen molar-refractivity contribution < 1.29 is 13.9 Å². The molecule has 0 fully saturated rings. The molecule has 72 valence electrons. The summed E-state index contributed by atoms with van der Waals surface area (Å²) in [7, 11) is 0. The van der Waals surface area contributed by atoms with Crippen LogP contribution < -0.4 is 9.47 Å². The van der Waals surface area contributed by atoms with Crippen LogP contribution in [-0.2, 0) is 0 Å². The highest BCUT2D eigenvalue weighted by Gasteiger charge is 2.20. The summed E-state index contributed by atoms with van der Waals surface area (Å²) in [5, 5.41) is 1.93. The molecule has 0 radical (unpaired) electrons. The second-order valence-corrected chi connectivity index (χ2v) is 3.71. The van der Waals surface area contributed by atoms with E-state index >= 15 is 0 Å². The molecule has 0 saturated carbocycles. The lowest BCUT2D eigenvalue weighted by Gasteiger charge is -2.15. The molecule has 3 heterocycles. The van der Waals surface area contributed by atoms with E-state index in [1.807, 2.05) is 5.38 Å². The van der Waals surface area contributed by atoms with Crippen LogP contribution in [0.5, 0.6) is 11.5 Å². The van der Waals surface area contributed by atoms with Crippen molar-refractivity contribution in [2.45, 2.75) is 0 Å². The lowest BCUT2D eigenvalue weighted by atomic mass is 10.3. The van der Waals surface area contributed by atoms with Crippen LogP contribution in [0.3, 0.4) is 0 Å². The normalized spacial score (nSPS) is 14.3. The number of nitrogens with zero attached hydrogens (tertiary/aromatic N) is 1. The van der Waals surface area contributed by atoms with E-state index in [1.54, 1.807) is 17.6 Å². The highest BCUT2D eigenvalue weighted by Crippen LogP contribution is 2.44. The molecule has 0 atom stereocenters. The number of fused-ring (bicyclic) bond motifs is 1. The van der Waals surface area contributed by atoms with E-state index in [2.05, 4.69) is 4.98 Å². The molecule has 2 aromatic rings. The third kappa shape index (κ3) is 1.09. The van der Waals surface area contributed by atoms with E-state index < -0.39 is 0 Å². The Bertz CT molecular complexity index is 435. The standard InChI is InChI=1S/C9H7NO3S/c1-2-13-8-7(12-1)4-14-9(8)6-3-11-5-10-6/h3-5H,1-2H2. The SMILES string of the molecule is c1nc(-c2scc3c2OCCO3)co1. The molecule has 1 aliphatic heterocycles. The van der Waals surface area contributed by atoms with Crippen LogP contribution in [0.15, 0.2) is 22.5 Å². The number of rotatable bonds is 1. The Morgan fingerprint density at radius 1 is 1.29 bits per heavy atom. The van der Waals surface area contributed by atoms with Crippen LogP contribution in [0.25, 0.3) is 10.6 Å². The van der Waals surface area contributed by atoms with Crippen molar-refractivity contribution in [1.82, 2.24) is 4.98 Å². The third-order valence-electron chi connectivity index (χ3n) is 1.97. The van der Waals surface area contributed by atoms with Gasteiger partial charge in [0.1, 0.15) is 30.0 Å². The molecule has 4 nitrogen and oxygen atoms in total. The summed E-state index contributed by atoms with van der Waals surface area (Å²) in [6.07, 6.45) is 3.01. The predicted octanol–water partition coefficient (Wildman–Crippen LogP) is 2.17. The van der Waals surface area contributed by atoms with Crippen molar-refractivity contribution >= 4 is 11.3 Å². The summed E-state index contributed by atoms with van der Waals surface area (Å²) in [6, 6.07) is 0. The summed E-state index contributed by atoms with van der Waals surface area (Å²) in [5.41, 5.74) is 0.793. The van der Waals surface area contributed by atoms with Crippen molar-refractivity contribution in [2.24, 2.45) is 0 Å². The largest absolute Gasteiger partial charge is 0.485 e. The number of thiophene rings is 1. The minimum absolute atomic E-state index is 0.592. The molecule has 0 amide bonds. The van der Waals surface area contributed by atoms with Crippen LogP contribution in [0.4, 0.5) is 0 Å². The Kier molecular flexibility index (Phi) is 1.70. The average Bonchev–Trinajstić information content (AvgIpc) is 2.85. The number of hydrogen-bond acceptors (Lipinski definition) is 5. The van der Waals surface area contributed by atoms with E-state index in [-0.39, 0.29) is 0 Å². The van der Waals surface area contributed by atoms with E-state index in [4.69, 9.17) is 13.9 Å². The van der Waals surface area contributed by atoms with Gasteiger partial charge in [0.25, 0.3) is 0 Å². The lowest BCUT2D eigenvalue weighted by molar-refractivity contribution is 0.174. The molecule has 2 aromatic heterocycles. The molecular weight excluding hydrogens is 202 g/mol. The molecule has 5 heteroatoms. The molecule has 0 spiro atoms.